The molecule has 6 heteroatoms. The Labute approximate surface area is 149 Å². The van der Waals surface area contributed by atoms with E-state index in [-0.39, 0.29) is 18.2 Å². The predicted octanol–water partition coefficient (Wildman–Crippen LogP) is 3.03. The fourth-order valence-electron chi connectivity index (χ4n) is 2.59. The van der Waals surface area contributed by atoms with E-state index in [1.54, 1.807) is 21.1 Å². The number of carboxylic acid groups (broad SMARTS) is 1. The first-order valence-electron chi connectivity index (χ1n) is 8.45. The van der Waals surface area contributed by atoms with E-state index >= 15 is 0 Å². The number of methoxy groups -OCH3 is 2. The van der Waals surface area contributed by atoms with Gasteiger partial charge in [-0.25, -0.2) is 0 Å². The van der Waals surface area contributed by atoms with E-state index in [9.17, 15) is 9.59 Å². The third-order valence-corrected chi connectivity index (χ3v) is 4.56. The lowest BCUT2D eigenvalue weighted by atomic mass is 9.85. The van der Waals surface area contributed by atoms with Crippen molar-refractivity contribution in [2.75, 3.05) is 14.2 Å². The van der Waals surface area contributed by atoms with Crippen LogP contribution < -0.4 is 14.8 Å². The van der Waals surface area contributed by atoms with Crippen LogP contribution in [-0.4, -0.2) is 36.7 Å². The second-order valence-corrected chi connectivity index (χ2v) is 6.72. The smallest absolute Gasteiger partial charge is 0.305 e. The van der Waals surface area contributed by atoms with Crippen molar-refractivity contribution >= 4 is 11.9 Å². The van der Waals surface area contributed by atoms with Crippen molar-refractivity contribution in [1.29, 1.82) is 0 Å². The van der Waals surface area contributed by atoms with E-state index in [0.717, 1.165) is 17.1 Å². The first-order chi connectivity index (χ1) is 11.7. The molecule has 2 N–H and O–H groups in total. The highest BCUT2D eigenvalue weighted by molar-refractivity contribution is 5.78. The number of hydrogen-bond acceptors (Lipinski definition) is 4. The summed E-state index contributed by atoms with van der Waals surface area (Å²) in [5.41, 5.74) is 0.258. The summed E-state index contributed by atoms with van der Waals surface area (Å²) in [6.45, 7) is 5.59. The van der Waals surface area contributed by atoms with Crippen LogP contribution in [-0.2, 0) is 16.0 Å². The Bertz CT molecular complexity index is 599. The van der Waals surface area contributed by atoms with E-state index in [1.807, 2.05) is 32.0 Å². The van der Waals surface area contributed by atoms with E-state index in [4.69, 9.17) is 14.6 Å². The lowest BCUT2D eigenvalue weighted by molar-refractivity contribution is -0.139. The molecule has 0 aliphatic carbocycles. The quantitative estimate of drug-likeness (QED) is 0.677. The highest BCUT2D eigenvalue weighted by atomic mass is 16.5. The summed E-state index contributed by atoms with van der Waals surface area (Å²) in [5.74, 6) is 0.427. The molecule has 0 aliphatic rings. The molecule has 6 nitrogen and oxygen atoms in total. The molecule has 0 fully saturated rings. The summed E-state index contributed by atoms with van der Waals surface area (Å²) in [6, 6.07) is 5.61. The van der Waals surface area contributed by atoms with Gasteiger partial charge in [-0.1, -0.05) is 19.9 Å². The molecular formula is C19H29NO5. The zero-order valence-corrected chi connectivity index (χ0v) is 15.7. The zero-order valence-electron chi connectivity index (χ0n) is 15.7. The maximum absolute atomic E-state index is 12.2. The van der Waals surface area contributed by atoms with Crippen molar-refractivity contribution in [1.82, 2.24) is 5.32 Å². The molecule has 1 aromatic carbocycles. The van der Waals surface area contributed by atoms with Crippen LogP contribution in [0.2, 0.25) is 0 Å². The molecule has 0 aromatic heterocycles. The first kappa shape index (κ1) is 20.8. The van der Waals surface area contributed by atoms with Crippen LogP contribution in [0.4, 0.5) is 0 Å². The molecule has 0 spiro atoms. The van der Waals surface area contributed by atoms with Gasteiger partial charge in [0.25, 0.3) is 0 Å². The van der Waals surface area contributed by atoms with Crippen LogP contribution in [0, 0.1) is 5.92 Å². The lowest BCUT2D eigenvalue weighted by Gasteiger charge is -2.33. The van der Waals surface area contributed by atoms with Crippen LogP contribution in [0.3, 0.4) is 0 Å². The SMILES string of the molecule is COc1ccc(CCCC(=O)NC(C)(CC(=O)O)C(C)C)c(OC)c1. The van der Waals surface area contributed by atoms with Crippen LogP contribution in [0.25, 0.3) is 0 Å². The maximum Gasteiger partial charge on any atom is 0.305 e. The largest absolute Gasteiger partial charge is 0.497 e. The van der Waals surface area contributed by atoms with Gasteiger partial charge >= 0.3 is 5.97 Å². The highest BCUT2D eigenvalue weighted by Gasteiger charge is 2.32. The van der Waals surface area contributed by atoms with Gasteiger partial charge in [0.1, 0.15) is 11.5 Å². The van der Waals surface area contributed by atoms with Crippen molar-refractivity contribution in [3.63, 3.8) is 0 Å². The monoisotopic (exact) mass is 351 g/mol. The van der Waals surface area contributed by atoms with Crippen molar-refractivity contribution in [2.24, 2.45) is 5.92 Å². The Kier molecular flexibility index (Phi) is 7.74. The molecule has 0 radical (unpaired) electrons. The molecule has 0 heterocycles. The van der Waals surface area contributed by atoms with Crippen LogP contribution in [0.15, 0.2) is 18.2 Å². The van der Waals surface area contributed by atoms with Gasteiger partial charge in [-0.2, -0.15) is 0 Å². The second kappa shape index (κ2) is 9.30. The molecule has 1 unspecified atom stereocenters. The van der Waals surface area contributed by atoms with Gasteiger partial charge in [-0.05, 0) is 37.3 Å². The van der Waals surface area contributed by atoms with E-state index < -0.39 is 11.5 Å². The number of rotatable bonds is 10. The zero-order chi connectivity index (χ0) is 19.0. The molecule has 0 aliphatic heterocycles. The van der Waals surface area contributed by atoms with Gasteiger partial charge < -0.3 is 19.9 Å². The number of amides is 1. The Morgan fingerprint density at radius 1 is 1.24 bits per heavy atom. The highest BCUT2D eigenvalue weighted by Crippen LogP contribution is 2.26. The van der Waals surface area contributed by atoms with E-state index in [1.165, 1.54) is 0 Å². The molecule has 25 heavy (non-hydrogen) atoms. The van der Waals surface area contributed by atoms with Gasteiger partial charge in [0, 0.05) is 18.0 Å². The van der Waals surface area contributed by atoms with Crippen molar-refractivity contribution in [2.45, 2.75) is 52.0 Å². The predicted molar refractivity (Wildman–Crippen MR) is 96.1 cm³/mol. The Balaban J connectivity index is 2.61. The number of aliphatic carboxylic acids is 1. The average molecular weight is 351 g/mol. The van der Waals surface area contributed by atoms with Gasteiger partial charge in [0.05, 0.1) is 20.6 Å². The van der Waals surface area contributed by atoms with Gasteiger partial charge in [0.15, 0.2) is 0 Å². The number of carboxylic acids is 1. The number of aryl methyl sites for hydroxylation is 1. The van der Waals surface area contributed by atoms with Crippen molar-refractivity contribution in [3.8, 4) is 11.5 Å². The lowest BCUT2D eigenvalue weighted by Crippen LogP contribution is -2.51. The number of nitrogens with one attached hydrogen (secondary N) is 1. The van der Waals surface area contributed by atoms with Crippen LogP contribution in [0.5, 0.6) is 11.5 Å². The number of carbonyl (C=O) groups is 2. The van der Waals surface area contributed by atoms with Gasteiger partial charge in [-0.15, -0.1) is 0 Å². The summed E-state index contributed by atoms with van der Waals surface area (Å²) >= 11 is 0. The molecule has 1 rings (SSSR count). The molecular weight excluding hydrogens is 322 g/mol. The Hall–Kier alpha value is -2.24. The minimum atomic E-state index is -0.917. The average Bonchev–Trinajstić information content (AvgIpc) is 2.53. The molecule has 0 bridgehead atoms. The third-order valence-electron chi connectivity index (χ3n) is 4.56. The number of carbonyl (C=O) groups excluding carboxylic acids is 1. The standard InChI is InChI=1S/C19H29NO5/c1-13(2)19(3,12-18(22)23)20-17(21)8-6-7-14-9-10-15(24-4)11-16(14)25-5/h9-11,13H,6-8,12H2,1-5H3,(H,20,21)(H,22,23). The second-order valence-electron chi connectivity index (χ2n) is 6.72. The summed E-state index contributed by atoms with van der Waals surface area (Å²) in [5, 5.41) is 11.9. The normalized spacial score (nSPS) is 13.2. The van der Waals surface area contributed by atoms with Gasteiger partial charge in [0.2, 0.25) is 5.91 Å². The molecule has 0 saturated carbocycles. The summed E-state index contributed by atoms with van der Waals surface area (Å²) in [4.78, 5) is 23.3. The third kappa shape index (κ3) is 6.29. The number of hydrogen-bond donors (Lipinski definition) is 2. The van der Waals surface area contributed by atoms with Gasteiger partial charge in [-0.3, -0.25) is 9.59 Å². The van der Waals surface area contributed by atoms with Crippen LogP contribution >= 0.6 is 0 Å². The topological polar surface area (TPSA) is 84.9 Å². The molecule has 0 saturated heterocycles. The summed E-state index contributed by atoms with van der Waals surface area (Å²) < 4.78 is 10.5. The minimum Gasteiger partial charge on any atom is -0.497 e. The molecule has 1 amide bonds. The maximum atomic E-state index is 12.2. The molecule has 140 valence electrons. The van der Waals surface area contributed by atoms with Crippen molar-refractivity contribution in [3.05, 3.63) is 23.8 Å². The summed E-state index contributed by atoms with van der Waals surface area (Å²) in [7, 11) is 3.20. The molecule has 1 atom stereocenters. The summed E-state index contributed by atoms with van der Waals surface area (Å²) in [6.07, 6.45) is 1.58. The minimum absolute atomic E-state index is 0.0224. The van der Waals surface area contributed by atoms with Crippen molar-refractivity contribution < 1.29 is 24.2 Å². The molecule has 1 aromatic rings. The number of ether oxygens (including phenoxy) is 2. The number of benzene rings is 1. The fraction of sp³-hybridized carbons (Fsp3) is 0.579. The van der Waals surface area contributed by atoms with E-state index in [0.29, 0.717) is 19.3 Å². The first-order valence-corrected chi connectivity index (χ1v) is 8.45. The van der Waals surface area contributed by atoms with E-state index in [2.05, 4.69) is 5.32 Å². The van der Waals surface area contributed by atoms with Crippen LogP contribution in [0.1, 0.15) is 45.6 Å². The Morgan fingerprint density at radius 2 is 1.92 bits per heavy atom. The Morgan fingerprint density at radius 3 is 2.44 bits per heavy atom. The fourth-order valence-corrected chi connectivity index (χ4v) is 2.59.